The van der Waals surface area contributed by atoms with Crippen LogP contribution in [0.1, 0.15) is 32.6 Å². The lowest BCUT2D eigenvalue weighted by Gasteiger charge is -2.31. The van der Waals surface area contributed by atoms with Crippen LogP contribution in [0.4, 0.5) is 0 Å². The Hall–Kier alpha value is -1.32. The fourth-order valence-electron chi connectivity index (χ4n) is 4.24. The first-order valence-corrected chi connectivity index (χ1v) is 7.35. The molecule has 3 rings (SSSR count). The monoisotopic (exact) mass is 263 g/mol. The van der Waals surface area contributed by atoms with Crippen molar-refractivity contribution in [1.29, 1.82) is 0 Å². The largest absolute Gasteiger partial charge is 0.481 e. The van der Waals surface area contributed by atoms with Gasteiger partial charge in [-0.3, -0.25) is 9.59 Å². The van der Waals surface area contributed by atoms with E-state index in [9.17, 15) is 14.7 Å². The minimum absolute atomic E-state index is 0.0686. The van der Waals surface area contributed by atoms with Gasteiger partial charge in [-0.05, 0) is 37.5 Å². The summed E-state index contributed by atoms with van der Waals surface area (Å²) in [6.07, 6.45) is 7.99. The number of likely N-dealkylation sites (tertiary alicyclic amines) is 1. The second kappa shape index (κ2) is 4.66. The summed E-state index contributed by atoms with van der Waals surface area (Å²) in [6, 6.07) is 0.324. The van der Waals surface area contributed by atoms with Crippen molar-refractivity contribution < 1.29 is 14.7 Å². The molecule has 2 bridgehead atoms. The molecular formula is C15H21NO3. The number of allylic oxidation sites excluding steroid dienone is 2. The summed E-state index contributed by atoms with van der Waals surface area (Å²) in [7, 11) is 0. The smallest absolute Gasteiger partial charge is 0.307 e. The van der Waals surface area contributed by atoms with E-state index in [1.807, 2.05) is 11.0 Å². The molecule has 0 radical (unpaired) electrons. The summed E-state index contributed by atoms with van der Waals surface area (Å²) in [6.45, 7) is 2.91. The van der Waals surface area contributed by atoms with Crippen LogP contribution in [-0.2, 0) is 9.59 Å². The van der Waals surface area contributed by atoms with Crippen molar-refractivity contribution in [1.82, 2.24) is 4.90 Å². The number of amides is 1. The first kappa shape index (κ1) is 12.7. The van der Waals surface area contributed by atoms with E-state index in [1.165, 1.54) is 0 Å². The number of nitrogens with zero attached hydrogens (tertiary/aromatic N) is 1. The molecule has 4 heteroatoms. The molecule has 1 amide bonds. The number of carbonyl (C=O) groups is 2. The summed E-state index contributed by atoms with van der Waals surface area (Å²) >= 11 is 0. The molecule has 4 nitrogen and oxygen atoms in total. The molecule has 2 fully saturated rings. The van der Waals surface area contributed by atoms with Gasteiger partial charge >= 0.3 is 5.97 Å². The van der Waals surface area contributed by atoms with Crippen LogP contribution in [0, 0.1) is 23.7 Å². The molecule has 5 atom stereocenters. The van der Waals surface area contributed by atoms with Gasteiger partial charge in [0.15, 0.2) is 0 Å². The maximum atomic E-state index is 12.8. The zero-order valence-electron chi connectivity index (χ0n) is 11.3. The van der Waals surface area contributed by atoms with Gasteiger partial charge in [0, 0.05) is 12.6 Å². The number of carboxylic acid groups (broad SMARTS) is 1. The highest BCUT2D eigenvalue weighted by atomic mass is 16.4. The molecule has 1 N–H and O–H groups in total. The van der Waals surface area contributed by atoms with Crippen LogP contribution in [0.5, 0.6) is 0 Å². The van der Waals surface area contributed by atoms with Crippen molar-refractivity contribution >= 4 is 11.9 Å². The third-order valence-corrected chi connectivity index (χ3v) is 5.16. The van der Waals surface area contributed by atoms with Crippen LogP contribution in [-0.4, -0.2) is 34.5 Å². The topological polar surface area (TPSA) is 57.6 Å². The predicted molar refractivity (Wildman–Crippen MR) is 70.4 cm³/mol. The number of hydrogen-bond donors (Lipinski definition) is 1. The Morgan fingerprint density at radius 1 is 1.26 bits per heavy atom. The van der Waals surface area contributed by atoms with Crippen molar-refractivity contribution in [2.75, 3.05) is 6.54 Å². The number of hydrogen-bond acceptors (Lipinski definition) is 2. The number of aliphatic carboxylic acids is 1. The number of fused-ring (bicyclic) bond motifs is 2. The van der Waals surface area contributed by atoms with E-state index in [0.29, 0.717) is 6.04 Å². The minimum atomic E-state index is -0.803. The predicted octanol–water partition coefficient (Wildman–Crippen LogP) is 1.91. The number of rotatable bonds is 3. The van der Waals surface area contributed by atoms with E-state index in [0.717, 1.165) is 32.2 Å². The molecule has 0 aromatic rings. The molecule has 1 aliphatic heterocycles. The average Bonchev–Trinajstić information content (AvgIpc) is 3.10. The standard InChI is InChI=1S/C15H21NO3/c1-2-11-4-3-7-16(11)14(17)12-9-5-6-10(8-9)13(12)15(18)19/h5-6,9-13H,2-4,7-8H2,1H3,(H,18,19)/t9?,10?,11?,12-,13+/m0/s1. The molecule has 1 saturated carbocycles. The Labute approximate surface area is 113 Å². The number of carboxylic acids is 1. The summed E-state index contributed by atoms with van der Waals surface area (Å²) in [5.41, 5.74) is 0. The molecule has 3 aliphatic rings. The fourth-order valence-corrected chi connectivity index (χ4v) is 4.24. The Kier molecular flexibility index (Phi) is 3.11. The molecule has 2 aliphatic carbocycles. The Morgan fingerprint density at radius 3 is 2.58 bits per heavy atom. The summed E-state index contributed by atoms with van der Waals surface area (Å²) < 4.78 is 0. The quantitative estimate of drug-likeness (QED) is 0.791. The van der Waals surface area contributed by atoms with Gasteiger partial charge in [-0.15, -0.1) is 0 Å². The highest BCUT2D eigenvalue weighted by Crippen LogP contribution is 2.49. The third-order valence-electron chi connectivity index (χ3n) is 5.16. The van der Waals surface area contributed by atoms with Gasteiger partial charge in [0.05, 0.1) is 11.8 Å². The van der Waals surface area contributed by atoms with Gasteiger partial charge in [0.1, 0.15) is 0 Å². The van der Waals surface area contributed by atoms with Crippen molar-refractivity contribution in [3.63, 3.8) is 0 Å². The first-order valence-electron chi connectivity index (χ1n) is 7.35. The summed E-state index contributed by atoms with van der Waals surface area (Å²) in [4.78, 5) is 26.2. The number of carbonyl (C=O) groups excluding carboxylic acids is 1. The normalized spacial score (nSPS) is 40.1. The first-order chi connectivity index (χ1) is 9.13. The van der Waals surface area contributed by atoms with E-state index in [2.05, 4.69) is 13.0 Å². The van der Waals surface area contributed by atoms with Crippen LogP contribution in [0.3, 0.4) is 0 Å². The lowest BCUT2D eigenvalue weighted by Crippen LogP contribution is -2.44. The molecule has 3 unspecified atom stereocenters. The average molecular weight is 263 g/mol. The lowest BCUT2D eigenvalue weighted by molar-refractivity contribution is -0.151. The third kappa shape index (κ3) is 1.88. The van der Waals surface area contributed by atoms with E-state index < -0.39 is 11.9 Å². The second-order valence-electron chi connectivity index (χ2n) is 6.07. The van der Waals surface area contributed by atoms with Crippen LogP contribution in [0.15, 0.2) is 12.2 Å². The molecule has 104 valence electrons. The molecular weight excluding hydrogens is 242 g/mol. The highest BCUT2D eigenvalue weighted by Gasteiger charge is 2.53. The van der Waals surface area contributed by atoms with Gasteiger partial charge in [0.25, 0.3) is 0 Å². The van der Waals surface area contributed by atoms with Crippen molar-refractivity contribution in [2.24, 2.45) is 23.7 Å². The van der Waals surface area contributed by atoms with Crippen LogP contribution < -0.4 is 0 Å². The van der Waals surface area contributed by atoms with Crippen molar-refractivity contribution in [2.45, 2.75) is 38.6 Å². The van der Waals surface area contributed by atoms with Crippen LogP contribution in [0.25, 0.3) is 0 Å². The van der Waals surface area contributed by atoms with Crippen molar-refractivity contribution in [3.8, 4) is 0 Å². The Bertz CT molecular complexity index is 431. The fraction of sp³-hybridized carbons (Fsp3) is 0.733. The summed E-state index contributed by atoms with van der Waals surface area (Å²) in [5, 5.41) is 9.42. The molecule has 1 saturated heterocycles. The SMILES string of the molecule is CCC1CCCN1C(=O)[C@H]1C2C=CC(C2)[C@H]1C(=O)O. The van der Waals surface area contributed by atoms with E-state index in [4.69, 9.17) is 0 Å². The van der Waals surface area contributed by atoms with Gasteiger partial charge in [-0.1, -0.05) is 19.1 Å². The van der Waals surface area contributed by atoms with E-state index in [1.54, 1.807) is 0 Å². The molecule has 0 aromatic heterocycles. The van der Waals surface area contributed by atoms with Gasteiger partial charge < -0.3 is 10.0 Å². The van der Waals surface area contributed by atoms with Gasteiger partial charge in [-0.2, -0.15) is 0 Å². The van der Waals surface area contributed by atoms with Gasteiger partial charge in [0.2, 0.25) is 5.91 Å². The Morgan fingerprint density at radius 2 is 1.95 bits per heavy atom. The highest BCUT2D eigenvalue weighted by molar-refractivity contribution is 5.87. The van der Waals surface area contributed by atoms with Crippen LogP contribution >= 0.6 is 0 Å². The summed E-state index contributed by atoms with van der Waals surface area (Å²) in [5.74, 6) is -1.31. The molecule has 19 heavy (non-hydrogen) atoms. The molecule has 1 heterocycles. The zero-order chi connectivity index (χ0) is 13.6. The molecule has 0 aromatic carbocycles. The molecule has 0 spiro atoms. The minimum Gasteiger partial charge on any atom is -0.481 e. The lowest BCUT2D eigenvalue weighted by atomic mass is 9.82. The zero-order valence-corrected chi connectivity index (χ0v) is 11.3. The van der Waals surface area contributed by atoms with Gasteiger partial charge in [-0.25, -0.2) is 0 Å². The van der Waals surface area contributed by atoms with Crippen LogP contribution in [0.2, 0.25) is 0 Å². The second-order valence-corrected chi connectivity index (χ2v) is 6.07. The Balaban J connectivity index is 1.83. The van der Waals surface area contributed by atoms with E-state index >= 15 is 0 Å². The van der Waals surface area contributed by atoms with E-state index in [-0.39, 0.29) is 23.7 Å². The maximum absolute atomic E-state index is 12.8. The van der Waals surface area contributed by atoms with Crippen molar-refractivity contribution in [3.05, 3.63) is 12.2 Å². The maximum Gasteiger partial charge on any atom is 0.307 e.